The van der Waals surface area contributed by atoms with E-state index in [9.17, 15) is 4.79 Å². The van der Waals surface area contributed by atoms with Gasteiger partial charge in [0.15, 0.2) is 0 Å². The van der Waals surface area contributed by atoms with Gasteiger partial charge in [0.1, 0.15) is 0 Å². The number of hydrogen-bond donors (Lipinski definition) is 0. The fourth-order valence-corrected chi connectivity index (χ4v) is 4.87. The Bertz CT molecular complexity index is 390. The van der Waals surface area contributed by atoms with Crippen LogP contribution < -0.4 is 0 Å². The summed E-state index contributed by atoms with van der Waals surface area (Å²) in [6.45, 7) is 3.61. The van der Waals surface area contributed by atoms with Crippen LogP contribution in [0.4, 0.5) is 0 Å². The fraction of sp³-hybridized carbons (Fsp3) is 0.800. The molecule has 3 nitrogen and oxygen atoms in total. The second-order valence-electron chi connectivity index (χ2n) is 6.40. The average Bonchev–Trinajstić information content (AvgIpc) is 2.41. The molecule has 4 rings (SSSR count). The molecule has 0 aromatic carbocycles. The van der Waals surface area contributed by atoms with Crippen molar-refractivity contribution >= 4 is 5.91 Å². The SMILES string of the molecule is O=C1CC=C[C@H]2[C@@H]3CCCN4CCC[C@@H](CN12)[C@@H]34. The van der Waals surface area contributed by atoms with Gasteiger partial charge >= 0.3 is 0 Å². The largest absolute Gasteiger partial charge is 0.335 e. The summed E-state index contributed by atoms with van der Waals surface area (Å²) >= 11 is 0. The van der Waals surface area contributed by atoms with E-state index in [0.717, 1.165) is 18.5 Å². The number of rotatable bonds is 0. The van der Waals surface area contributed by atoms with E-state index in [1.165, 1.54) is 38.8 Å². The molecule has 0 bridgehead atoms. The van der Waals surface area contributed by atoms with Crippen LogP contribution in [-0.4, -0.2) is 47.4 Å². The lowest BCUT2D eigenvalue weighted by Crippen LogP contribution is -2.65. The summed E-state index contributed by atoms with van der Waals surface area (Å²) in [4.78, 5) is 17.0. The summed E-state index contributed by atoms with van der Waals surface area (Å²) in [6.07, 6.45) is 10.3. The summed E-state index contributed by atoms with van der Waals surface area (Å²) in [5.41, 5.74) is 0. The standard InChI is InChI=1S/C15H22N2O/c18-14-7-1-6-13-12-5-3-9-16-8-2-4-11(15(12)16)10-17(13)14/h1,6,11-13,15H,2-5,7-10H2/t11-,12-,13-,15-/m0/s1. The highest BCUT2D eigenvalue weighted by Crippen LogP contribution is 2.43. The van der Waals surface area contributed by atoms with E-state index in [4.69, 9.17) is 0 Å². The first kappa shape index (κ1) is 11.0. The first-order valence-corrected chi connectivity index (χ1v) is 7.55. The van der Waals surface area contributed by atoms with Crippen LogP contribution in [0.1, 0.15) is 32.1 Å². The van der Waals surface area contributed by atoms with Crippen molar-refractivity contribution in [1.82, 2.24) is 9.80 Å². The molecule has 18 heavy (non-hydrogen) atoms. The Morgan fingerprint density at radius 2 is 2.00 bits per heavy atom. The fourth-order valence-electron chi connectivity index (χ4n) is 4.87. The van der Waals surface area contributed by atoms with Crippen LogP contribution in [-0.2, 0) is 4.79 Å². The number of piperidine rings is 3. The van der Waals surface area contributed by atoms with Gasteiger partial charge in [-0.2, -0.15) is 0 Å². The Morgan fingerprint density at radius 3 is 2.89 bits per heavy atom. The van der Waals surface area contributed by atoms with Crippen LogP contribution in [0.3, 0.4) is 0 Å². The molecule has 4 atom stereocenters. The molecule has 0 N–H and O–H groups in total. The monoisotopic (exact) mass is 246 g/mol. The van der Waals surface area contributed by atoms with Crippen LogP contribution in [0.15, 0.2) is 12.2 Å². The topological polar surface area (TPSA) is 23.6 Å². The van der Waals surface area contributed by atoms with E-state index in [1.807, 2.05) is 0 Å². The van der Waals surface area contributed by atoms with Crippen LogP contribution in [0.5, 0.6) is 0 Å². The number of nitrogens with zero attached hydrogens (tertiary/aromatic N) is 2. The number of amides is 1. The second kappa shape index (κ2) is 4.09. The third-order valence-electron chi connectivity index (χ3n) is 5.52. The molecule has 98 valence electrons. The average molecular weight is 246 g/mol. The van der Waals surface area contributed by atoms with Crippen molar-refractivity contribution in [3.8, 4) is 0 Å². The highest BCUT2D eigenvalue weighted by molar-refractivity contribution is 5.79. The molecule has 0 radical (unpaired) electrons. The zero-order chi connectivity index (χ0) is 12.1. The predicted octanol–water partition coefficient (Wildman–Crippen LogP) is 1.65. The molecule has 4 heterocycles. The van der Waals surface area contributed by atoms with Crippen molar-refractivity contribution in [3.63, 3.8) is 0 Å². The van der Waals surface area contributed by atoms with Gasteiger partial charge in [0, 0.05) is 19.0 Å². The zero-order valence-corrected chi connectivity index (χ0v) is 10.9. The minimum atomic E-state index is 0.364. The molecule has 3 fully saturated rings. The van der Waals surface area contributed by atoms with Crippen LogP contribution in [0, 0.1) is 11.8 Å². The maximum absolute atomic E-state index is 12.1. The van der Waals surface area contributed by atoms with E-state index in [-0.39, 0.29) is 0 Å². The van der Waals surface area contributed by atoms with Gasteiger partial charge in [0.25, 0.3) is 0 Å². The van der Waals surface area contributed by atoms with E-state index < -0.39 is 0 Å². The molecule has 0 aromatic heterocycles. The first-order chi connectivity index (χ1) is 8.84. The molecular formula is C15H22N2O. The second-order valence-corrected chi connectivity index (χ2v) is 6.40. The summed E-state index contributed by atoms with van der Waals surface area (Å²) in [7, 11) is 0. The lowest BCUT2D eigenvalue weighted by Gasteiger charge is -2.57. The Balaban J connectivity index is 1.69. The van der Waals surface area contributed by atoms with Gasteiger partial charge in [-0.05, 0) is 50.6 Å². The number of fused-ring (bicyclic) bond motifs is 2. The van der Waals surface area contributed by atoms with Gasteiger partial charge in [0.2, 0.25) is 5.91 Å². The summed E-state index contributed by atoms with van der Waals surface area (Å²) in [6, 6.07) is 1.18. The van der Waals surface area contributed by atoms with Gasteiger partial charge in [0.05, 0.1) is 6.04 Å². The zero-order valence-electron chi connectivity index (χ0n) is 10.9. The van der Waals surface area contributed by atoms with Gasteiger partial charge in [-0.1, -0.05) is 12.2 Å². The summed E-state index contributed by atoms with van der Waals surface area (Å²) in [5, 5.41) is 0. The minimum absolute atomic E-state index is 0.364. The Morgan fingerprint density at radius 1 is 1.17 bits per heavy atom. The molecule has 4 aliphatic heterocycles. The molecule has 0 saturated carbocycles. The van der Waals surface area contributed by atoms with Crippen molar-refractivity contribution in [2.75, 3.05) is 19.6 Å². The van der Waals surface area contributed by atoms with Gasteiger partial charge in [-0.25, -0.2) is 0 Å². The molecule has 3 saturated heterocycles. The van der Waals surface area contributed by atoms with Crippen LogP contribution >= 0.6 is 0 Å². The highest BCUT2D eigenvalue weighted by Gasteiger charge is 2.49. The predicted molar refractivity (Wildman–Crippen MR) is 70.1 cm³/mol. The number of hydrogen-bond acceptors (Lipinski definition) is 2. The quantitative estimate of drug-likeness (QED) is 0.607. The van der Waals surface area contributed by atoms with Gasteiger partial charge in [-0.15, -0.1) is 0 Å². The molecule has 1 amide bonds. The molecule has 3 heteroatoms. The maximum atomic E-state index is 12.1. The normalized spacial score (nSPS) is 43.6. The molecule has 0 unspecified atom stereocenters. The van der Waals surface area contributed by atoms with Gasteiger partial charge in [-0.3, -0.25) is 9.69 Å². The smallest absolute Gasteiger partial charge is 0.226 e. The van der Waals surface area contributed by atoms with Crippen molar-refractivity contribution in [1.29, 1.82) is 0 Å². The first-order valence-electron chi connectivity index (χ1n) is 7.55. The highest BCUT2D eigenvalue weighted by atomic mass is 16.2. The van der Waals surface area contributed by atoms with Crippen molar-refractivity contribution in [2.24, 2.45) is 11.8 Å². The van der Waals surface area contributed by atoms with Crippen molar-refractivity contribution in [3.05, 3.63) is 12.2 Å². The summed E-state index contributed by atoms with van der Waals surface area (Å²) in [5.74, 6) is 1.82. The summed E-state index contributed by atoms with van der Waals surface area (Å²) < 4.78 is 0. The lowest BCUT2D eigenvalue weighted by atomic mass is 9.69. The third kappa shape index (κ3) is 1.49. The third-order valence-corrected chi connectivity index (χ3v) is 5.52. The number of carbonyl (C=O) groups is 1. The minimum Gasteiger partial charge on any atom is -0.335 e. The molecule has 4 aliphatic rings. The molecular weight excluding hydrogens is 224 g/mol. The van der Waals surface area contributed by atoms with Crippen molar-refractivity contribution < 1.29 is 4.79 Å². The molecule has 0 aromatic rings. The molecule has 0 spiro atoms. The lowest BCUT2D eigenvalue weighted by molar-refractivity contribution is -0.143. The molecule has 0 aliphatic carbocycles. The van der Waals surface area contributed by atoms with Gasteiger partial charge < -0.3 is 4.90 Å². The van der Waals surface area contributed by atoms with Crippen LogP contribution in [0.2, 0.25) is 0 Å². The van der Waals surface area contributed by atoms with E-state index in [1.54, 1.807) is 0 Å². The van der Waals surface area contributed by atoms with E-state index >= 15 is 0 Å². The van der Waals surface area contributed by atoms with E-state index in [2.05, 4.69) is 22.0 Å². The van der Waals surface area contributed by atoms with Crippen molar-refractivity contribution in [2.45, 2.75) is 44.2 Å². The van der Waals surface area contributed by atoms with E-state index in [0.29, 0.717) is 24.3 Å². The maximum Gasteiger partial charge on any atom is 0.226 e. The Hall–Kier alpha value is -0.830. The van der Waals surface area contributed by atoms with Crippen LogP contribution in [0.25, 0.3) is 0 Å². The Labute approximate surface area is 109 Å². The Kier molecular flexibility index (Phi) is 2.51. The number of carbonyl (C=O) groups excluding carboxylic acids is 1.